The number of halogens is 12. The van der Waals surface area contributed by atoms with Crippen LogP contribution in [-0.4, -0.2) is 35.5 Å². The average molecular weight is 348 g/mol. The van der Waals surface area contributed by atoms with E-state index in [9.17, 15) is 53.1 Å². The van der Waals surface area contributed by atoms with Crippen molar-refractivity contribution in [2.24, 2.45) is 0 Å². The maximum atomic E-state index is 12.8. The molecule has 0 aromatic rings. The van der Waals surface area contributed by atoms with E-state index < -0.39 is 35.5 Å². The number of alkyl halides is 11. The van der Waals surface area contributed by atoms with Crippen molar-refractivity contribution in [3.63, 3.8) is 0 Å². The summed E-state index contributed by atoms with van der Waals surface area (Å²) in [7, 11) is 0. The maximum absolute atomic E-state index is 12.8. The molecule has 0 aromatic heterocycles. The summed E-state index contributed by atoms with van der Waals surface area (Å²) in [5, 5.41) is -3.41. The Balaban J connectivity index is 5.73. The van der Waals surface area contributed by atoms with Gasteiger partial charge in [0.25, 0.3) is 5.24 Å². The van der Waals surface area contributed by atoms with Crippen molar-refractivity contribution in [3.8, 4) is 0 Å². The molecule has 0 N–H and O–H groups in total. The molecule has 0 aliphatic rings. The smallest absolute Gasteiger partial charge is 0.274 e. The van der Waals surface area contributed by atoms with Gasteiger partial charge in [-0.05, 0) is 11.6 Å². The zero-order chi connectivity index (χ0) is 16.8. The normalized spacial score (nSPS) is 17.8. The molecule has 0 bridgehead atoms. The van der Waals surface area contributed by atoms with E-state index in [0.29, 0.717) is 0 Å². The zero-order valence-electron chi connectivity index (χ0n) is 8.35. The fourth-order valence-corrected chi connectivity index (χ4v) is 0.761. The van der Waals surface area contributed by atoms with Gasteiger partial charge in [-0.25, -0.2) is 0 Å². The van der Waals surface area contributed by atoms with Crippen molar-refractivity contribution in [3.05, 3.63) is 0 Å². The topological polar surface area (TPSA) is 26.3 Å². The Morgan fingerprint density at radius 1 is 0.750 bits per heavy atom. The molecular formula is C6ClF11O2. The van der Waals surface area contributed by atoms with E-state index in [1.54, 1.807) is 4.74 Å². The standard InChI is InChI=1S/C6ClF11O2/c7-1(19)2(8,4(11,12)13)20-6(17,18)3(9,10)5(14,15)16/t2-/m1/s1. The third kappa shape index (κ3) is 3.07. The summed E-state index contributed by atoms with van der Waals surface area (Å²) < 4.78 is 134. The average Bonchev–Trinajstić information content (AvgIpc) is 2.12. The molecule has 0 fully saturated rings. The Bertz CT molecular complexity index is 385. The second-order valence-corrected chi connectivity index (χ2v) is 3.40. The van der Waals surface area contributed by atoms with E-state index in [1.807, 2.05) is 0 Å². The van der Waals surface area contributed by atoms with Crippen LogP contribution in [0.4, 0.5) is 48.3 Å². The summed E-state index contributed by atoms with van der Waals surface area (Å²) >= 11 is 3.92. The molecule has 0 aromatic carbocycles. The van der Waals surface area contributed by atoms with Gasteiger partial charge in [0.2, 0.25) is 0 Å². The van der Waals surface area contributed by atoms with E-state index >= 15 is 0 Å². The summed E-state index contributed by atoms with van der Waals surface area (Å²) in [6.07, 6.45) is -20.9. The lowest BCUT2D eigenvalue weighted by Gasteiger charge is -2.33. The van der Waals surface area contributed by atoms with Gasteiger partial charge < -0.3 is 0 Å². The molecule has 0 amide bonds. The van der Waals surface area contributed by atoms with Gasteiger partial charge in [0, 0.05) is 0 Å². The minimum Gasteiger partial charge on any atom is -0.274 e. The molecule has 14 heteroatoms. The van der Waals surface area contributed by atoms with E-state index in [2.05, 4.69) is 11.6 Å². The molecule has 0 heterocycles. The van der Waals surface area contributed by atoms with Crippen molar-refractivity contribution in [1.82, 2.24) is 0 Å². The number of ether oxygens (including phenoxy) is 1. The Morgan fingerprint density at radius 2 is 1.10 bits per heavy atom. The summed E-state index contributed by atoms with van der Waals surface area (Å²) in [4.78, 5) is 10.1. The van der Waals surface area contributed by atoms with Crippen LogP contribution < -0.4 is 0 Å². The molecule has 120 valence electrons. The van der Waals surface area contributed by atoms with E-state index in [0.717, 1.165) is 0 Å². The largest absolute Gasteiger partial charge is 0.462 e. The third-order valence-corrected chi connectivity index (χ3v) is 1.85. The molecule has 0 saturated carbocycles. The highest BCUT2D eigenvalue weighted by molar-refractivity contribution is 6.65. The highest BCUT2D eigenvalue weighted by atomic mass is 35.5. The Morgan fingerprint density at radius 3 is 1.30 bits per heavy atom. The van der Waals surface area contributed by atoms with Crippen LogP contribution in [0.3, 0.4) is 0 Å². The summed E-state index contributed by atoms with van der Waals surface area (Å²) in [5.41, 5.74) is 0. The fraction of sp³-hybridized carbons (Fsp3) is 0.833. The minimum absolute atomic E-state index is 1.77. The van der Waals surface area contributed by atoms with E-state index in [-0.39, 0.29) is 0 Å². The lowest BCUT2D eigenvalue weighted by Crippen LogP contribution is -2.60. The molecule has 0 rings (SSSR count). The van der Waals surface area contributed by atoms with Gasteiger partial charge in [0.1, 0.15) is 0 Å². The molecule has 0 saturated heterocycles. The first-order valence-corrected chi connectivity index (χ1v) is 4.26. The minimum atomic E-state index is -7.21. The molecule has 0 spiro atoms. The second kappa shape index (κ2) is 4.86. The summed E-state index contributed by atoms with van der Waals surface area (Å²) in [6.45, 7) is 0. The van der Waals surface area contributed by atoms with Gasteiger partial charge in [0.15, 0.2) is 0 Å². The van der Waals surface area contributed by atoms with Gasteiger partial charge in [0.05, 0.1) is 0 Å². The SMILES string of the molecule is O=C(Cl)[C@@](F)(OC(F)(F)C(F)(F)C(F)(F)F)C(F)(F)F. The van der Waals surface area contributed by atoms with Crippen molar-refractivity contribution in [2.75, 3.05) is 0 Å². The maximum Gasteiger partial charge on any atom is 0.462 e. The van der Waals surface area contributed by atoms with Crippen LogP contribution in [0.15, 0.2) is 0 Å². The number of rotatable bonds is 4. The molecule has 2 nitrogen and oxygen atoms in total. The summed E-state index contributed by atoms with van der Waals surface area (Å²) in [5.74, 6) is -13.5. The van der Waals surface area contributed by atoms with Crippen LogP contribution in [0.2, 0.25) is 0 Å². The first-order chi connectivity index (χ1) is 8.40. The van der Waals surface area contributed by atoms with Crippen LogP contribution in [-0.2, 0) is 9.53 Å². The van der Waals surface area contributed by atoms with E-state index in [4.69, 9.17) is 0 Å². The Labute approximate surface area is 106 Å². The van der Waals surface area contributed by atoms with Crippen LogP contribution in [0, 0.1) is 0 Å². The fourth-order valence-electron chi connectivity index (χ4n) is 0.615. The predicted molar refractivity (Wildman–Crippen MR) is 37.8 cm³/mol. The van der Waals surface area contributed by atoms with Crippen molar-refractivity contribution in [2.45, 2.75) is 30.2 Å². The highest BCUT2D eigenvalue weighted by Gasteiger charge is 2.79. The molecule has 0 radical (unpaired) electrons. The first kappa shape index (κ1) is 19.1. The lowest BCUT2D eigenvalue weighted by molar-refractivity contribution is -0.471. The van der Waals surface area contributed by atoms with Crippen LogP contribution in [0.5, 0.6) is 0 Å². The van der Waals surface area contributed by atoms with Crippen LogP contribution in [0.25, 0.3) is 0 Å². The van der Waals surface area contributed by atoms with Crippen LogP contribution >= 0.6 is 11.6 Å². The van der Waals surface area contributed by atoms with Gasteiger partial charge in [-0.1, -0.05) is 0 Å². The number of carbonyl (C=O) groups excluding carboxylic acids is 1. The third-order valence-electron chi connectivity index (χ3n) is 1.61. The van der Waals surface area contributed by atoms with Crippen molar-refractivity contribution < 1.29 is 57.8 Å². The number of hydrogen-bond donors (Lipinski definition) is 0. The van der Waals surface area contributed by atoms with Crippen molar-refractivity contribution >= 4 is 16.8 Å². The molecule has 0 aliphatic carbocycles. The lowest BCUT2D eigenvalue weighted by atomic mass is 10.2. The Hall–Kier alpha value is -0.850. The van der Waals surface area contributed by atoms with E-state index in [1.165, 1.54) is 0 Å². The molecule has 1 atom stereocenters. The van der Waals surface area contributed by atoms with Gasteiger partial charge in [-0.15, -0.1) is 0 Å². The second-order valence-electron chi connectivity index (χ2n) is 3.06. The number of carbonyl (C=O) groups is 1. The molecule has 0 aliphatic heterocycles. The van der Waals surface area contributed by atoms with Crippen LogP contribution in [0.1, 0.15) is 0 Å². The zero-order valence-corrected chi connectivity index (χ0v) is 9.11. The highest BCUT2D eigenvalue weighted by Crippen LogP contribution is 2.51. The number of hydrogen-bond acceptors (Lipinski definition) is 2. The van der Waals surface area contributed by atoms with Crippen molar-refractivity contribution in [1.29, 1.82) is 0 Å². The first-order valence-electron chi connectivity index (χ1n) is 3.88. The molecule has 20 heavy (non-hydrogen) atoms. The molecular weight excluding hydrogens is 348 g/mol. The predicted octanol–water partition coefficient (Wildman–Crippen LogP) is 3.79. The van der Waals surface area contributed by atoms with Gasteiger partial charge >= 0.3 is 30.2 Å². The quantitative estimate of drug-likeness (QED) is 0.571. The summed E-state index contributed by atoms with van der Waals surface area (Å²) in [6, 6.07) is 0. The Kier molecular flexibility index (Phi) is 4.65. The van der Waals surface area contributed by atoms with Gasteiger partial charge in [-0.3, -0.25) is 9.53 Å². The van der Waals surface area contributed by atoms with Gasteiger partial charge in [-0.2, -0.15) is 48.3 Å². The molecule has 0 unspecified atom stereocenters. The monoisotopic (exact) mass is 348 g/mol.